The fourth-order valence-corrected chi connectivity index (χ4v) is 2.56. The molecule has 0 fully saturated rings. The molecule has 2 aromatic rings. The molecule has 0 radical (unpaired) electrons. The van der Waals surface area contributed by atoms with E-state index in [0.29, 0.717) is 18.0 Å². The van der Waals surface area contributed by atoms with Gasteiger partial charge in [0.1, 0.15) is 6.33 Å². The lowest BCUT2D eigenvalue weighted by atomic mass is 10.2. The van der Waals surface area contributed by atoms with E-state index in [2.05, 4.69) is 18.9 Å². The van der Waals surface area contributed by atoms with Crippen molar-refractivity contribution < 1.29 is 9.13 Å². The Kier molecular flexibility index (Phi) is 5.31. The molecule has 0 unspecified atom stereocenters. The second-order valence-electron chi connectivity index (χ2n) is 5.54. The summed E-state index contributed by atoms with van der Waals surface area (Å²) in [4.78, 5) is 2.02. The highest BCUT2D eigenvalue weighted by Crippen LogP contribution is 2.18. The smallest absolute Gasteiger partial charge is 0.199 e. The van der Waals surface area contributed by atoms with Gasteiger partial charge in [0, 0.05) is 12.6 Å². The summed E-state index contributed by atoms with van der Waals surface area (Å²) in [5.74, 6) is -0.0987. The van der Waals surface area contributed by atoms with E-state index in [4.69, 9.17) is 17.0 Å². The lowest BCUT2D eigenvalue weighted by Crippen LogP contribution is -2.22. The lowest BCUT2D eigenvalue weighted by Gasteiger charge is -2.17. The van der Waals surface area contributed by atoms with E-state index in [1.54, 1.807) is 17.1 Å². The van der Waals surface area contributed by atoms with Gasteiger partial charge in [0.2, 0.25) is 0 Å². The number of benzene rings is 1. The Morgan fingerprint density at radius 2 is 2.14 bits per heavy atom. The number of nitrogens with zero attached hydrogens (tertiary/aromatic N) is 4. The number of hydrogen-bond donors (Lipinski definition) is 0. The molecule has 0 bridgehead atoms. The molecule has 5 nitrogen and oxygen atoms in total. The highest BCUT2D eigenvalue weighted by Gasteiger charge is 2.09. The minimum Gasteiger partial charge on any atom is -0.494 e. The molecule has 0 aliphatic rings. The number of hydrogen-bond acceptors (Lipinski definition) is 4. The van der Waals surface area contributed by atoms with Crippen molar-refractivity contribution in [1.82, 2.24) is 19.2 Å². The van der Waals surface area contributed by atoms with Crippen LogP contribution in [0.2, 0.25) is 0 Å². The van der Waals surface area contributed by atoms with Crippen LogP contribution in [0.1, 0.15) is 25.5 Å². The van der Waals surface area contributed by atoms with Gasteiger partial charge in [-0.3, -0.25) is 4.90 Å². The quantitative estimate of drug-likeness (QED) is 0.764. The Hall–Kier alpha value is -1.73. The van der Waals surface area contributed by atoms with Gasteiger partial charge in [-0.15, -0.1) is 0 Å². The van der Waals surface area contributed by atoms with Crippen molar-refractivity contribution in [3.8, 4) is 5.75 Å². The van der Waals surface area contributed by atoms with Gasteiger partial charge in [-0.1, -0.05) is 6.07 Å². The molecular formula is C15H21FN4OS. The molecule has 1 aromatic carbocycles. The minimum absolute atomic E-state index is 0.254. The fraction of sp³-hybridized carbons (Fsp3) is 0.467. The maximum atomic E-state index is 13.7. The molecule has 0 spiro atoms. The maximum absolute atomic E-state index is 13.7. The van der Waals surface area contributed by atoms with Crippen LogP contribution in [0.3, 0.4) is 0 Å². The number of rotatable bonds is 6. The van der Waals surface area contributed by atoms with Crippen molar-refractivity contribution in [3.05, 3.63) is 40.7 Å². The Labute approximate surface area is 134 Å². The summed E-state index contributed by atoms with van der Waals surface area (Å²) < 4.78 is 23.0. The molecule has 0 atom stereocenters. The van der Waals surface area contributed by atoms with E-state index < -0.39 is 0 Å². The molecule has 0 saturated carbocycles. The van der Waals surface area contributed by atoms with Gasteiger partial charge in [-0.05, 0) is 50.8 Å². The van der Waals surface area contributed by atoms with Gasteiger partial charge in [0.15, 0.2) is 16.3 Å². The summed E-state index contributed by atoms with van der Waals surface area (Å²) in [5.41, 5.74) is 0.871. The zero-order valence-electron chi connectivity index (χ0n) is 13.3. The molecule has 2 rings (SSSR count). The molecule has 22 heavy (non-hydrogen) atoms. The van der Waals surface area contributed by atoms with Gasteiger partial charge in [0.05, 0.1) is 13.8 Å². The first-order chi connectivity index (χ1) is 10.4. The highest BCUT2D eigenvalue weighted by atomic mass is 32.1. The fourth-order valence-electron chi connectivity index (χ4n) is 2.20. The first-order valence-electron chi connectivity index (χ1n) is 7.07. The highest BCUT2D eigenvalue weighted by molar-refractivity contribution is 7.71. The van der Waals surface area contributed by atoms with Gasteiger partial charge in [0.25, 0.3) is 0 Å². The van der Waals surface area contributed by atoms with E-state index in [1.165, 1.54) is 13.2 Å². The zero-order chi connectivity index (χ0) is 16.3. The predicted octanol–water partition coefficient (Wildman–Crippen LogP) is 3.23. The van der Waals surface area contributed by atoms with Crippen molar-refractivity contribution in [3.63, 3.8) is 0 Å². The summed E-state index contributed by atoms with van der Waals surface area (Å²) in [7, 11) is 3.40. The predicted molar refractivity (Wildman–Crippen MR) is 85.9 cm³/mol. The minimum atomic E-state index is -0.353. The number of aromatic nitrogens is 3. The van der Waals surface area contributed by atoms with Gasteiger partial charge >= 0.3 is 0 Å². The Morgan fingerprint density at radius 3 is 2.68 bits per heavy atom. The van der Waals surface area contributed by atoms with Crippen LogP contribution >= 0.6 is 12.2 Å². The molecule has 120 valence electrons. The van der Waals surface area contributed by atoms with E-state index in [-0.39, 0.29) is 17.6 Å². The van der Waals surface area contributed by atoms with Crippen molar-refractivity contribution in [2.45, 2.75) is 33.1 Å². The number of halogens is 1. The lowest BCUT2D eigenvalue weighted by molar-refractivity contribution is 0.243. The van der Waals surface area contributed by atoms with Crippen molar-refractivity contribution in [1.29, 1.82) is 0 Å². The Morgan fingerprint density at radius 1 is 1.41 bits per heavy atom. The molecule has 0 amide bonds. The zero-order valence-corrected chi connectivity index (χ0v) is 14.1. The van der Waals surface area contributed by atoms with Crippen molar-refractivity contribution in [2.75, 3.05) is 14.2 Å². The monoisotopic (exact) mass is 324 g/mol. The maximum Gasteiger partial charge on any atom is 0.199 e. The standard InChI is InChI=1S/C15H21FN4OS/c1-11(2)19-9-17-20(15(19)22)10-18(3)8-12-5-6-14(21-4)13(16)7-12/h5-7,9,11H,8,10H2,1-4H3. The summed E-state index contributed by atoms with van der Waals surface area (Å²) >= 11 is 5.40. The third-order valence-electron chi connectivity index (χ3n) is 3.36. The second-order valence-corrected chi connectivity index (χ2v) is 5.90. The van der Waals surface area contributed by atoms with Crippen LogP contribution in [0.5, 0.6) is 5.75 Å². The van der Waals surface area contributed by atoms with Crippen LogP contribution < -0.4 is 4.74 Å². The summed E-state index contributed by atoms with van der Waals surface area (Å²) in [6, 6.07) is 5.26. The van der Waals surface area contributed by atoms with Crippen LogP contribution in [0.15, 0.2) is 24.5 Å². The van der Waals surface area contributed by atoms with Crippen LogP contribution in [-0.4, -0.2) is 33.4 Å². The third-order valence-corrected chi connectivity index (χ3v) is 3.78. The van der Waals surface area contributed by atoms with Crippen molar-refractivity contribution >= 4 is 12.2 Å². The molecule has 0 saturated heterocycles. The Bertz CT molecular complexity index is 695. The molecule has 0 aliphatic carbocycles. The summed E-state index contributed by atoms with van der Waals surface area (Å²) in [6.45, 7) is 5.26. The van der Waals surface area contributed by atoms with Crippen LogP contribution in [0.4, 0.5) is 4.39 Å². The first-order valence-corrected chi connectivity index (χ1v) is 7.48. The van der Waals surface area contributed by atoms with E-state index in [0.717, 1.165) is 5.56 Å². The van der Waals surface area contributed by atoms with E-state index in [1.807, 2.05) is 22.6 Å². The van der Waals surface area contributed by atoms with Gasteiger partial charge < -0.3 is 9.30 Å². The molecular weight excluding hydrogens is 303 g/mol. The normalized spacial score (nSPS) is 11.4. The molecule has 0 aliphatic heterocycles. The van der Waals surface area contributed by atoms with Crippen LogP contribution in [-0.2, 0) is 13.2 Å². The molecule has 1 heterocycles. The molecule has 0 N–H and O–H groups in total. The number of methoxy groups -OCH3 is 1. The molecule has 7 heteroatoms. The van der Waals surface area contributed by atoms with E-state index in [9.17, 15) is 4.39 Å². The summed E-state index contributed by atoms with van der Waals surface area (Å²) in [5, 5.41) is 4.30. The first kappa shape index (κ1) is 16.6. The van der Waals surface area contributed by atoms with Crippen LogP contribution in [0.25, 0.3) is 0 Å². The van der Waals surface area contributed by atoms with E-state index >= 15 is 0 Å². The Balaban J connectivity index is 2.05. The average molecular weight is 324 g/mol. The third kappa shape index (κ3) is 3.72. The second kappa shape index (κ2) is 7.02. The van der Waals surface area contributed by atoms with Crippen LogP contribution in [0, 0.1) is 10.6 Å². The average Bonchev–Trinajstić information content (AvgIpc) is 2.80. The number of ether oxygens (including phenoxy) is 1. The van der Waals surface area contributed by atoms with Gasteiger partial charge in [-0.25, -0.2) is 9.07 Å². The summed E-state index contributed by atoms with van der Waals surface area (Å²) in [6.07, 6.45) is 1.74. The van der Waals surface area contributed by atoms with Crippen molar-refractivity contribution in [2.24, 2.45) is 0 Å². The topological polar surface area (TPSA) is 35.2 Å². The SMILES string of the molecule is COc1ccc(CN(C)Cn2ncn(C(C)C)c2=S)cc1F. The largest absolute Gasteiger partial charge is 0.494 e. The molecule has 1 aromatic heterocycles. The van der Waals surface area contributed by atoms with Gasteiger partial charge in [-0.2, -0.15) is 5.10 Å².